The zero-order valence-electron chi connectivity index (χ0n) is 17.0. The van der Waals surface area contributed by atoms with Gasteiger partial charge in [-0.1, -0.05) is 5.16 Å². The minimum absolute atomic E-state index is 0.0315. The van der Waals surface area contributed by atoms with Gasteiger partial charge in [-0.3, -0.25) is 4.79 Å². The van der Waals surface area contributed by atoms with Crippen LogP contribution < -0.4 is 5.32 Å². The van der Waals surface area contributed by atoms with E-state index in [2.05, 4.69) is 15.5 Å². The van der Waals surface area contributed by atoms with E-state index in [1.165, 1.54) is 23.5 Å². The molecule has 3 aromatic rings. The quantitative estimate of drug-likeness (QED) is 0.547. The van der Waals surface area contributed by atoms with Crippen molar-refractivity contribution in [3.8, 4) is 11.3 Å². The monoisotopic (exact) mass is 434 g/mol. The number of aromatic nitrogens is 2. The largest absolute Gasteiger partial charge is 0.352 e. The Hall–Kier alpha value is -2.85. The lowest BCUT2D eigenvalue weighted by Gasteiger charge is -2.16. The Kier molecular flexibility index (Phi) is 6.47. The highest BCUT2D eigenvalue weighted by atomic mass is 32.2. The van der Waals surface area contributed by atoms with Crippen molar-refractivity contribution in [1.29, 1.82) is 0 Å². The van der Waals surface area contributed by atoms with Gasteiger partial charge in [0.05, 0.1) is 28.1 Å². The predicted molar refractivity (Wildman–Crippen MR) is 111 cm³/mol. The minimum Gasteiger partial charge on any atom is -0.352 e. The Balaban J connectivity index is 1.79. The summed E-state index contributed by atoms with van der Waals surface area (Å²) >= 11 is 0. The molecular weight excluding hydrogens is 411 g/mol. The van der Waals surface area contributed by atoms with Gasteiger partial charge in [0.2, 0.25) is 10.0 Å². The van der Waals surface area contributed by atoms with Gasteiger partial charge < -0.3 is 9.84 Å². The molecule has 0 aliphatic carbocycles. The maximum atomic E-state index is 13.2. The summed E-state index contributed by atoms with van der Waals surface area (Å²) in [6.07, 6.45) is 0.461. The van der Waals surface area contributed by atoms with Crippen LogP contribution in [-0.2, 0) is 10.0 Å². The summed E-state index contributed by atoms with van der Waals surface area (Å²) in [6.45, 7) is 3.90. The number of fused-ring (bicyclic) bond motifs is 1. The van der Waals surface area contributed by atoms with Crippen molar-refractivity contribution in [1.82, 2.24) is 19.8 Å². The zero-order chi connectivity index (χ0) is 21.9. The molecule has 10 heteroatoms. The number of rotatable bonds is 8. The maximum absolute atomic E-state index is 13.2. The van der Waals surface area contributed by atoms with E-state index in [0.717, 1.165) is 0 Å². The summed E-state index contributed by atoms with van der Waals surface area (Å²) in [5, 5.41) is 7.20. The molecule has 2 aromatic heterocycles. The van der Waals surface area contributed by atoms with Gasteiger partial charge in [-0.25, -0.2) is 22.1 Å². The van der Waals surface area contributed by atoms with Crippen LogP contribution in [-0.4, -0.2) is 54.7 Å². The van der Waals surface area contributed by atoms with Gasteiger partial charge >= 0.3 is 0 Å². The van der Waals surface area contributed by atoms with Crippen LogP contribution in [0.4, 0.5) is 4.39 Å². The van der Waals surface area contributed by atoms with E-state index >= 15 is 0 Å². The summed E-state index contributed by atoms with van der Waals surface area (Å²) in [5.41, 5.74) is 2.17. The topological polar surface area (TPSA) is 105 Å². The number of nitrogens with one attached hydrogen (secondary N) is 1. The molecule has 0 fully saturated rings. The van der Waals surface area contributed by atoms with Crippen molar-refractivity contribution < 1.29 is 22.1 Å². The standard InChI is InChI=1S/C20H23FN4O4S/c1-4-30(27,28)25(3)11-5-10-22-19(26)16-12-17(14-6-8-15(21)9-7-14)23-20-18(16)13(2)24-29-20/h6-9,12H,4-5,10-11H2,1-3H3,(H,22,26). The average molecular weight is 434 g/mol. The van der Waals surface area contributed by atoms with Crippen molar-refractivity contribution in [2.45, 2.75) is 20.3 Å². The molecule has 0 saturated carbocycles. The molecule has 0 radical (unpaired) electrons. The predicted octanol–water partition coefficient (Wildman–Crippen LogP) is 2.74. The van der Waals surface area contributed by atoms with E-state index in [4.69, 9.17) is 4.52 Å². The molecule has 0 bridgehead atoms. The lowest BCUT2D eigenvalue weighted by Crippen LogP contribution is -2.32. The van der Waals surface area contributed by atoms with E-state index in [0.29, 0.717) is 47.4 Å². The molecule has 160 valence electrons. The second-order valence-corrected chi connectivity index (χ2v) is 9.21. The van der Waals surface area contributed by atoms with E-state index in [1.807, 2.05) is 0 Å². The minimum atomic E-state index is -3.25. The lowest BCUT2D eigenvalue weighted by atomic mass is 10.0. The van der Waals surface area contributed by atoms with Crippen molar-refractivity contribution >= 4 is 27.0 Å². The number of amides is 1. The molecule has 1 N–H and O–H groups in total. The fraction of sp³-hybridized carbons (Fsp3) is 0.350. The zero-order valence-corrected chi connectivity index (χ0v) is 17.8. The molecular formula is C20H23FN4O4S. The molecule has 1 aromatic carbocycles. The van der Waals surface area contributed by atoms with Crippen LogP contribution in [0.25, 0.3) is 22.4 Å². The molecule has 1 amide bonds. The van der Waals surface area contributed by atoms with Gasteiger partial charge in [0.15, 0.2) is 0 Å². The smallest absolute Gasteiger partial charge is 0.259 e. The Morgan fingerprint density at radius 2 is 1.97 bits per heavy atom. The highest BCUT2D eigenvalue weighted by Gasteiger charge is 2.20. The van der Waals surface area contributed by atoms with Crippen LogP contribution in [0.2, 0.25) is 0 Å². The number of sulfonamides is 1. The number of carbonyl (C=O) groups is 1. The molecule has 3 rings (SSSR count). The van der Waals surface area contributed by atoms with Crippen molar-refractivity contribution in [2.24, 2.45) is 0 Å². The van der Waals surface area contributed by atoms with Gasteiger partial charge in [-0.2, -0.15) is 0 Å². The summed E-state index contributed by atoms with van der Waals surface area (Å²) in [6, 6.07) is 7.38. The lowest BCUT2D eigenvalue weighted by molar-refractivity contribution is 0.0954. The number of halogens is 1. The second kappa shape index (κ2) is 8.88. The van der Waals surface area contributed by atoms with Gasteiger partial charge in [0, 0.05) is 25.7 Å². The Bertz CT molecular complexity index is 1160. The van der Waals surface area contributed by atoms with E-state index < -0.39 is 10.0 Å². The average Bonchev–Trinajstić information content (AvgIpc) is 3.11. The first kappa shape index (κ1) is 21.8. The Labute approximate surface area is 174 Å². The number of nitrogens with zero attached hydrogens (tertiary/aromatic N) is 3. The number of hydrogen-bond donors (Lipinski definition) is 1. The van der Waals surface area contributed by atoms with Crippen LogP contribution in [0.1, 0.15) is 29.4 Å². The van der Waals surface area contributed by atoms with Crippen molar-refractivity contribution in [2.75, 3.05) is 25.9 Å². The Morgan fingerprint density at radius 1 is 1.27 bits per heavy atom. The first-order chi connectivity index (χ1) is 14.2. The summed E-state index contributed by atoms with van der Waals surface area (Å²) < 4.78 is 43.3. The van der Waals surface area contributed by atoms with Crippen LogP contribution >= 0.6 is 0 Å². The van der Waals surface area contributed by atoms with Crippen molar-refractivity contribution in [3.63, 3.8) is 0 Å². The molecule has 0 aliphatic rings. The molecule has 0 aliphatic heterocycles. The molecule has 0 spiro atoms. The summed E-state index contributed by atoms with van der Waals surface area (Å²) in [7, 11) is -1.74. The molecule has 8 nitrogen and oxygen atoms in total. The fourth-order valence-electron chi connectivity index (χ4n) is 3.00. The van der Waals surface area contributed by atoms with Gasteiger partial charge in [0.1, 0.15) is 5.82 Å². The molecule has 2 heterocycles. The SMILES string of the molecule is CCS(=O)(=O)N(C)CCCNC(=O)c1cc(-c2ccc(F)cc2)nc2onc(C)c12. The second-order valence-electron chi connectivity index (χ2n) is 6.84. The number of carbonyl (C=O) groups excluding carboxylic acids is 1. The highest BCUT2D eigenvalue weighted by molar-refractivity contribution is 7.89. The third kappa shape index (κ3) is 4.65. The van der Waals surface area contributed by atoms with E-state index in [1.54, 1.807) is 32.0 Å². The first-order valence-corrected chi connectivity index (χ1v) is 11.1. The number of pyridine rings is 1. The number of aryl methyl sites for hydroxylation is 1. The Morgan fingerprint density at radius 3 is 2.63 bits per heavy atom. The van der Waals surface area contributed by atoms with Crippen molar-refractivity contribution in [3.05, 3.63) is 47.4 Å². The third-order valence-corrected chi connectivity index (χ3v) is 6.64. The van der Waals surface area contributed by atoms with Crippen LogP contribution in [0.15, 0.2) is 34.9 Å². The van der Waals surface area contributed by atoms with Gasteiger partial charge in [-0.15, -0.1) is 0 Å². The number of benzene rings is 1. The maximum Gasteiger partial charge on any atom is 0.259 e. The highest BCUT2D eigenvalue weighted by Crippen LogP contribution is 2.27. The third-order valence-electron chi connectivity index (χ3n) is 4.78. The fourth-order valence-corrected chi connectivity index (χ4v) is 3.85. The molecule has 0 unspecified atom stereocenters. The van der Waals surface area contributed by atoms with Crippen LogP contribution in [0.5, 0.6) is 0 Å². The first-order valence-electron chi connectivity index (χ1n) is 9.48. The van der Waals surface area contributed by atoms with Crippen LogP contribution in [0, 0.1) is 12.7 Å². The molecule has 0 atom stereocenters. The normalized spacial score (nSPS) is 11.9. The molecule has 30 heavy (non-hydrogen) atoms. The number of hydrogen-bond acceptors (Lipinski definition) is 6. The van der Waals surface area contributed by atoms with E-state index in [-0.39, 0.29) is 23.2 Å². The van der Waals surface area contributed by atoms with E-state index in [9.17, 15) is 17.6 Å². The van der Waals surface area contributed by atoms with Gasteiger partial charge in [-0.05, 0) is 50.6 Å². The summed E-state index contributed by atoms with van der Waals surface area (Å²) in [4.78, 5) is 17.2. The summed E-state index contributed by atoms with van der Waals surface area (Å²) in [5.74, 6) is -0.689. The molecule has 0 saturated heterocycles. The van der Waals surface area contributed by atoms with Crippen LogP contribution in [0.3, 0.4) is 0 Å². The van der Waals surface area contributed by atoms with Gasteiger partial charge in [0.25, 0.3) is 11.6 Å².